The summed E-state index contributed by atoms with van der Waals surface area (Å²) in [6.07, 6.45) is 1.55. The summed E-state index contributed by atoms with van der Waals surface area (Å²) < 4.78 is 1.31. The average molecular weight is 224 g/mol. The molecule has 3 N–H and O–H groups in total. The predicted octanol–water partition coefficient (Wildman–Crippen LogP) is -0.571. The van der Waals surface area contributed by atoms with E-state index in [2.05, 4.69) is 20.7 Å². The van der Waals surface area contributed by atoms with E-state index in [-0.39, 0.29) is 5.56 Å². The van der Waals surface area contributed by atoms with Crippen LogP contribution in [0, 0.1) is 0 Å². The van der Waals surface area contributed by atoms with E-state index in [0.717, 1.165) is 0 Å². The number of anilines is 1. The van der Waals surface area contributed by atoms with Gasteiger partial charge in [-0.15, -0.1) is 10.2 Å². The molecular weight excluding hydrogens is 216 g/mol. The molecule has 2 aromatic heterocycles. The largest absolute Gasteiger partial charge is 0.298 e. The smallest absolute Gasteiger partial charge is 0.267 e. The number of aromatic nitrogens is 4. The number of hydrogen-bond donors (Lipinski definition) is 2. The van der Waals surface area contributed by atoms with Gasteiger partial charge in [0.1, 0.15) is 5.01 Å². The molecule has 7 nitrogen and oxygen atoms in total. The normalized spacial score (nSPS) is 10.2. The second-order valence-electron chi connectivity index (χ2n) is 2.66. The summed E-state index contributed by atoms with van der Waals surface area (Å²) in [7, 11) is 0. The van der Waals surface area contributed by atoms with Gasteiger partial charge >= 0.3 is 0 Å². The van der Waals surface area contributed by atoms with E-state index < -0.39 is 0 Å². The van der Waals surface area contributed by atoms with E-state index in [9.17, 15) is 4.79 Å². The Balaban J connectivity index is 2.22. The SMILES string of the molecule is NNc1nnc(Cn2ncccc2=O)s1. The summed E-state index contributed by atoms with van der Waals surface area (Å²) in [5, 5.41) is 12.7. The quantitative estimate of drug-likeness (QED) is 0.535. The number of hydrogen-bond acceptors (Lipinski definition) is 7. The number of rotatable bonds is 3. The van der Waals surface area contributed by atoms with Crippen molar-refractivity contribution in [1.29, 1.82) is 0 Å². The maximum atomic E-state index is 11.3. The highest BCUT2D eigenvalue weighted by atomic mass is 32.1. The van der Waals surface area contributed by atoms with E-state index in [1.165, 1.54) is 22.1 Å². The van der Waals surface area contributed by atoms with Crippen LogP contribution in [0.5, 0.6) is 0 Å². The molecule has 0 bridgehead atoms. The molecule has 0 radical (unpaired) electrons. The van der Waals surface area contributed by atoms with E-state index in [0.29, 0.717) is 16.7 Å². The molecule has 0 saturated heterocycles. The van der Waals surface area contributed by atoms with Crippen molar-refractivity contribution in [2.24, 2.45) is 5.84 Å². The summed E-state index contributed by atoms with van der Waals surface area (Å²) >= 11 is 1.28. The minimum Gasteiger partial charge on any atom is -0.298 e. The molecule has 0 aliphatic carbocycles. The molecule has 0 atom stereocenters. The lowest BCUT2D eigenvalue weighted by Crippen LogP contribution is -2.21. The van der Waals surface area contributed by atoms with Gasteiger partial charge in [-0.25, -0.2) is 10.5 Å². The summed E-state index contributed by atoms with van der Waals surface area (Å²) in [6, 6.07) is 3.03. The van der Waals surface area contributed by atoms with Crippen molar-refractivity contribution in [2.75, 3.05) is 5.43 Å². The molecule has 0 aliphatic rings. The average Bonchev–Trinajstić information content (AvgIpc) is 2.69. The van der Waals surface area contributed by atoms with Gasteiger partial charge in [-0.1, -0.05) is 11.3 Å². The van der Waals surface area contributed by atoms with Crippen LogP contribution in [0.15, 0.2) is 23.1 Å². The number of nitrogens with zero attached hydrogens (tertiary/aromatic N) is 4. The first-order valence-corrected chi connectivity index (χ1v) is 4.92. The molecule has 2 heterocycles. The third-order valence-electron chi connectivity index (χ3n) is 1.66. The Labute approximate surface area is 88.5 Å². The van der Waals surface area contributed by atoms with Crippen LogP contribution in [-0.2, 0) is 6.54 Å². The lowest BCUT2D eigenvalue weighted by Gasteiger charge is -1.98. The molecule has 15 heavy (non-hydrogen) atoms. The van der Waals surface area contributed by atoms with Crippen molar-refractivity contribution in [3.8, 4) is 0 Å². The Bertz CT molecular complexity index is 506. The number of hydrazine groups is 1. The molecule has 0 spiro atoms. The van der Waals surface area contributed by atoms with E-state index in [4.69, 9.17) is 5.84 Å². The van der Waals surface area contributed by atoms with Crippen LogP contribution in [-0.4, -0.2) is 20.0 Å². The zero-order valence-corrected chi connectivity index (χ0v) is 8.44. The summed E-state index contributed by atoms with van der Waals surface area (Å²) in [5.74, 6) is 5.16. The van der Waals surface area contributed by atoms with Gasteiger partial charge in [0.05, 0.1) is 6.54 Å². The van der Waals surface area contributed by atoms with Crippen LogP contribution in [0.25, 0.3) is 0 Å². The fourth-order valence-electron chi connectivity index (χ4n) is 1.01. The molecule has 0 unspecified atom stereocenters. The molecule has 0 aliphatic heterocycles. The zero-order valence-electron chi connectivity index (χ0n) is 7.62. The number of nitrogen functional groups attached to an aromatic ring is 1. The maximum Gasteiger partial charge on any atom is 0.267 e. The molecule has 2 aromatic rings. The second kappa shape index (κ2) is 4.15. The van der Waals surface area contributed by atoms with Crippen molar-refractivity contribution in [2.45, 2.75) is 6.54 Å². The first-order chi connectivity index (χ1) is 7.29. The third kappa shape index (κ3) is 2.17. The maximum absolute atomic E-state index is 11.3. The number of nitrogens with one attached hydrogen (secondary N) is 1. The molecule has 8 heteroatoms. The molecule has 0 amide bonds. The molecule has 0 saturated carbocycles. The minimum absolute atomic E-state index is 0.171. The van der Waals surface area contributed by atoms with Gasteiger partial charge < -0.3 is 0 Å². The second-order valence-corrected chi connectivity index (χ2v) is 3.73. The lowest BCUT2D eigenvalue weighted by atomic mass is 10.5. The van der Waals surface area contributed by atoms with Crippen LogP contribution >= 0.6 is 11.3 Å². The van der Waals surface area contributed by atoms with Gasteiger partial charge in [-0.05, 0) is 6.07 Å². The van der Waals surface area contributed by atoms with Crippen molar-refractivity contribution in [1.82, 2.24) is 20.0 Å². The van der Waals surface area contributed by atoms with Crippen LogP contribution in [0.4, 0.5) is 5.13 Å². The molecule has 78 valence electrons. The Kier molecular flexibility index (Phi) is 2.70. The summed E-state index contributed by atoms with van der Waals surface area (Å²) in [6.45, 7) is 0.305. The minimum atomic E-state index is -0.171. The van der Waals surface area contributed by atoms with Crippen molar-refractivity contribution < 1.29 is 0 Å². The predicted molar refractivity (Wildman–Crippen MR) is 55.3 cm³/mol. The van der Waals surface area contributed by atoms with Crippen molar-refractivity contribution >= 4 is 16.5 Å². The van der Waals surface area contributed by atoms with Gasteiger partial charge in [0.2, 0.25) is 5.13 Å². The first kappa shape index (κ1) is 9.74. The summed E-state index contributed by atoms with van der Waals surface area (Å²) in [5.41, 5.74) is 2.21. The van der Waals surface area contributed by atoms with Crippen LogP contribution in [0.2, 0.25) is 0 Å². The fourth-order valence-corrected chi connectivity index (χ4v) is 1.64. The van der Waals surface area contributed by atoms with E-state index in [1.54, 1.807) is 12.3 Å². The van der Waals surface area contributed by atoms with E-state index >= 15 is 0 Å². The zero-order chi connectivity index (χ0) is 10.7. The molecule has 0 aromatic carbocycles. The topological polar surface area (TPSA) is 98.7 Å². The third-order valence-corrected chi connectivity index (χ3v) is 2.50. The van der Waals surface area contributed by atoms with Gasteiger partial charge in [0.25, 0.3) is 5.56 Å². The van der Waals surface area contributed by atoms with Crippen LogP contribution in [0.1, 0.15) is 5.01 Å². The van der Waals surface area contributed by atoms with Crippen LogP contribution in [0.3, 0.4) is 0 Å². The lowest BCUT2D eigenvalue weighted by molar-refractivity contribution is 0.632. The molecule has 2 rings (SSSR count). The standard InChI is InChI=1S/C7H8N6OS/c8-10-7-12-11-5(15-7)4-13-6(14)2-1-3-9-13/h1-3H,4,8H2,(H,10,12). The Morgan fingerprint density at radius 3 is 3.07 bits per heavy atom. The highest BCUT2D eigenvalue weighted by Gasteiger charge is 2.04. The Morgan fingerprint density at radius 1 is 1.53 bits per heavy atom. The highest BCUT2D eigenvalue weighted by Crippen LogP contribution is 2.13. The highest BCUT2D eigenvalue weighted by molar-refractivity contribution is 7.15. The van der Waals surface area contributed by atoms with Gasteiger partial charge in [0, 0.05) is 12.3 Å². The van der Waals surface area contributed by atoms with Crippen molar-refractivity contribution in [3.63, 3.8) is 0 Å². The molecular formula is C7H8N6OS. The molecule has 0 fully saturated rings. The van der Waals surface area contributed by atoms with Crippen LogP contribution < -0.4 is 16.8 Å². The van der Waals surface area contributed by atoms with Gasteiger partial charge in [-0.3, -0.25) is 10.2 Å². The fraction of sp³-hybridized carbons (Fsp3) is 0.143. The van der Waals surface area contributed by atoms with Gasteiger partial charge in [0.15, 0.2) is 0 Å². The Morgan fingerprint density at radius 2 is 2.40 bits per heavy atom. The summed E-state index contributed by atoms with van der Waals surface area (Å²) in [4.78, 5) is 11.3. The van der Waals surface area contributed by atoms with E-state index in [1.807, 2.05) is 0 Å². The van der Waals surface area contributed by atoms with Crippen molar-refractivity contribution in [3.05, 3.63) is 33.7 Å². The van der Waals surface area contributed by atoms with Gasteiger partial charge in [-0.2, -0.15) is 5.10 Å². The number of nitrogens with two attached hydrogens (primary N) is 1. The Hall–Kier alpha value is -1.80. The monoisotopic (exact) mass is 224 g/mol. The first-order valence-electron chi connectivity index (χ1n) is 4.11.